The SMILES string of the molecule is Cc1cc(C(Nc2ccc(Cl)c(Br)c2)C(N)=O)ccc1Br. The molecule has 0 aromatic heterocycles. The van der Waals surface area contributed by atoms with Crippen molar-refractivity contribution in [1.82, 2.24) is 0 Å². The fourth-order valence-corrected chi connectivity index (χ4v) is 2.66. The standard InChI is InChI=1S/C15H13Br2ClN2O/c1-8-6-9(2-4-11(8)16)14(15(19)21)20-10-3-5-13(18)12(17)7-10/h2-7,14,20H,1H3,(H2,19,21). The summed E-state index contributed by atoms with van der Waals surface area (Å²) in [6, 6.07) is 10.4. The number of amides is 1. The number of nitrogens with one attached hydrogen (secondary N) is 1. The summed E-state index contributed by atoms with van der Waals surface area (Å²) in [7, 11) is 0. The van der Waals surface area contributed by atoms with Gasteiger partial charge in [0.05, 0.1) is 5.02 Å². The Morgan fingerprint density at radius 2 is 1.90 bits per heavy atom. The van der Waals surface area contributed by atoms with Crippen LogP contribution in [0.4, 0.5) is 5.69 Å². The van der Waals surface area contributed by atoms with Crippen LogP contribution in [-0.2, 0) is 4.79 Å². The number of carbonyl (C=O) groups excluding carboxylic acids is 1. The van der Waals surface area contributed by atoms with E-state index in [4.69, 9.17) is 17.3 Å². The van der Waals surface area contributed by atoms with Crippen LogP contribution in [0.1, 0.15) is 17.2 Å². The molecular weight excluding hydrogens is 419 g/mol. The molecule has 2 rings (SSSR count). The van der Waals surface area contributed by atoms with E-state index in [9.17, 15) is 4.79 Å². The van der Waals surface area contributed by atoms with E-state index in [1.165, 1.54) is 0 Å². The summed E-state index contributed by atoms with van der Waals surface area (Å²) in [6.07, 6.45) is 0. The normalized spacial score (nSPS) is 12.0. The van der Waals surface area contributed by atoms with Crippen LogP contribution in [0.25, 0.3) is 0 Å². The second-order valence-electron chi connectivity index (χ2n) is 4.62. The lowest BCUT2D eigenvalue weighted by Crippen LogP contribution is -2.27. The molecule has 2 aromatic rings. The van der Waals surface area contributed by atoms with Crippen molar-refractivity contribution in [3.63, 3.8) is 0 Å². The van der Waals surface area contributed by atoms with Crippen molar-refractivity contribution in [2.45, 2.75) is 13.0 Å². The first-order valence-corrected chi connectivity index (χ1v) is 8.12. The van der Waals surface area contributed by atoms with E-state index in [1.54, 1.807) is 12.1 Å². The minimum Gasteiger partial charge on any atom is -0.370 e. The summed E-state index contributed by atoms with van der Waals surface area (Å²) >= 11 is 12.8. The third-order valence-corrected chi connectivity index (χ3v) is 5.13. The second-order valence-corrected chi connectivity index (χ2v) is 6.73. The maximum Gasteiger partial charge on any atom is 0.244 e. The number of hydrogen-bond donors (Lipinski definition) is 2. The molecule has 2 aromatic carbocycles. The molecule has 6 heteroatoms. The van der Waals surface area contributed by atoms with Crippen molar-refractivity contribution >= 4 is 55.1 Å². The predicted molar refractivity (Wildman–Crippen MR) is 93.6 cm³/mol. The molecule has 0 saturated heterocycles. The van der Waals surface area contributed by atoms with Crippen LogP contribution < -0.4 is 11.1 Å². The molecule has 0 saturated carbocycles. The minimum atomic E-state index is -0.607. The molecule has 1 atom stereocenters. The van der Waals surface area contributed by atoms with E-state index in [1.807, 2.05) is 31.2 Å². The highest BCUT2D eigenvalue weighted by Crippen LogP contribution is 2.29. The number of anilines is 1. The van der Waals surface area contributed by atoms with Gasteiger partial charge in [0.25, 0.3) is 0 Å². The van der Waals surface area contributed by atoms with Crippen LogP contribution in [0.15, 0.2) is 45.3 Å². The Balaban J connectivity index is 2.32. The van der Waals surface area contributed by atoms with Crippen molar-refractivity contribution in [3.8, 4) is 0 Å². The summed E-state index contributed by atoms with van der Waals surface area (Å²) in [6.45, 7) is 1.96. The molecular formula is C15H13Br2ClN2O. The van der Waals surface area contributed by atoms with Crippen molar-refractivity contribution in [2.24, 2.45) is 5.73 Å². The number of rotatable bonds is 4. The Kier molecular flexibility index (Phi) is 5.30. The molecule has 0 fully saturated rings. The number of halogens is 3. The molecule has 21 heavy (non-hydrogen) atoms. The van der Waals surface area contributed by atoms with Gasteiger partial charge < -0.3 is 11.1 Å². The van der Waals surface area contributed by atoms with Crippen molar-refractivity contribution in [2.75, 3.05) is 5.32 Å². The molecule has 1 amide bonds. The van der Waals surface area contributed by atoms with Gasteiger partial charge in [-0.15, -0.1) is 0 Å². The van der Waals surface area contributed by atoms with Gasteiger partial charge in [-0.2, -0.15) is 0 Å². The zero-order valence-electron chi connectivity index (χ0n) is 11.2. The number of carbonyl (C=O) groups is 1. The van der Waals surface area contributed by atoms with Crippen LogP contribution in [0.3, 0.4) is 0 Å². The summed E-state index contributed by atoms with van der Waals surface area (Å²) in [5.41, 5.74) is 8.14. The maximum absolute atomic E-state index is 11.8. The van der Waals surface area contributed by atoms with Crippen molar-refractivity contribution < 1.29 is 4.79 Å². The van der Waals surface area contributed by atoms with E-state index < -0.39 is 11.9 Å². The van der Waals surface area contributed by atoms with Gasteiger partial charge >= 0.3 is 0 Å². The zero-order chi connectivity index (χ0) is 15.6. The van der Waals surface area contributed by atoms with E-state index >= 15 is 0 Å². The molecule has 3 nitrogen and oxygen atoms in total. The van der Waals surface area contributed by atoms with Gasteiger partial charge in [-0.25, -0.2) is 0 Å². The van der Waals surface area contributed by atoms with Gasteiger partial charge in [0.15, 0.2) is 0 Å². The molecule has 0 heterocycles. The number of hydrogen-bond acceptors (Lipinski definition) is 2. The lowest BCUT2D eigenvalue weighted by Gasteiger charge is -2.18. The average molecular weight is 433 g/mol. The van der Waals surface area contributed by atoms with E-state index in [0.29, 0.717) is 5.02 Å². The number of nitrogens with two attached hydrogens (primary N) is 1. The largest absolute Gasteiger partial charge is 0.370 e. The average Bonchev–Trinajstić information content (AvgIpc) is 2.43. The summed E-state index contributed by atoms with van der Waals surface area (Å²) < 4.78 is 1.74. The Morgan fingerprint density at radius 1 is 1.19 bits per heavy atom. The minimum absolute atomic E-state index is 0.442. The Bertz CT molecular complexity index is 691. The maximum atomic E-state index is 11.8. The van der Waals surface area contributed by atoms with Crippen molar-refractivity contribution in [3.05, 3.63) is 61.5 Å². The van der Waals surface area contributed by atoms with E-state index in [-0.39, 0.29) is 0 Å². The van der Waals surface area contributed by atoms with Gasteiger partial charge in [0, 0.05) is 14.6 Å². The van der Waals surface area contributed by atoms with Crippen molar-refractivity contribution in [1.29, 1.82) is 0 Å². The molecule has 0 aliphatic carbocycles. The highest BCUT2D eigenvalue weighted by Gasteiger charge is 2.18. The van der Waals surface area contributed by atoms with Crippen LogP contribution >= 0.6 is 43.5 Å². The molecule has 110 valence electrons. The first-order valence-electron chi connectivity index (χ1n) is 6.15. The van der Waals surface area contributed by atoms with Gasteiger partial charge in [0.1, 0.15) is 6.04 Å². The fraction of sp³-hybridized carbons (Fsp3) is 0.133. The third kappa shape index (κ3) is 3.99. The second kappa shape index (κ2) is 6.81. The smallest absolute Gasteiger partial charge is 0.244 e. The van der Waals surface area contributed by atoms with Gasteiger partial charge in [-0.05, 0) is 58.2 Å². The molecule has 0 aliphatic heterocycles. The molecule has 1 unspecified atom stereocenters. The molecule has 0 aliphatic rings. The Hall–Kier alpha value is -1.04. The van der Waals surface area contributed by atoms with Crippen LogP contribution in [0.5, 0.6) is 0 Å². The molecule has 0 spiro atoms. The highest BCUT2D eigenvalue weighted by molar-refractivity contribution is 9.10. The first-order chi connectivity index (χ1) is 9.88. The lowest BCUT2D eigenvalue weighted by atomic mass is 10.0. The number of primary amides is 1. The lowest BCUT2D eigenvalue weighted by molar-refractivity contribution is -0.118. The Morgan fingerprint density at radius 3 is 2.48 bits per heavy atom. The predicted octanol–water partition coefficient (Wildman–Crippen LogP) is 4.81. The van der Waals surface area contributed by atoms with Crippen LogP contribution in [0, 0.1) is 6.92 Å². The summed E-state index contributed by atoms with van der Waals surface area (Å²) in [5, 5.41) is 3.74. The first kappa shape index (κ1) is 16.3. The number of benzene rings is 2. The van der Waals surface area contributed by atoms with Gasteiger partial charge in [-0.1, -0.05) is 39.7 Å². The van der Waals surface area contributed by atoms with E-state index in [0.717, 1.165) is 25.8 Å². The molecule has 3 N–H and O–H groups in total. The monoisotopic (exact) mass is 430 g/mol. The number of aryl methyl sites for hydroxylation is 1. The van der Waals surface area contributed by atoms with Gasteiger partial charge in [0.2, 0.25) is 5.91 Å². The molecule has 0 radical (unpaired) electrons. The quantitative estimate of drug-likeness (QED) is 0.728. The van der Waals surface area contributed by atoms with Crippen LogP contribution in [0.2, 0.25) is 5.02 Å². The van der Waals surface area contributed by atoms with Crippen LogP contribution in [-0.4, -0.2) is 5.91 Å². The highest BCUT2D eigenvalue weighted by atomic mass is 79.9. The summed E-state index contributed by atoms with van der Waals surface area (Å²) in [4.78, 5) is 11.8. The fourth-order valence-electron chi connectivity index (χ4n) is 1.92. The zero-order valence-corrected chi connectivity index (χ0v) is 15.1. The Labute approximate surface area is 145 Å². The van der Waals surface area contributed by atoms with E-state index in [2.05, 4.69) is 37.2 Å². The summed E-state index contributed by atoms with van der Waals surface area (Å²) in [5.74, 6) is -0.442. The topological polar surface area (TPSA) is 55.1 Å². The molecule has 0 bridgehead atoms. The third-order valence-electron chi connectivity index (χ3n) is 3.03. The van der Waals surface area contributed by atoms with Gasteiger partial charge in [-0.3, -0.25) is 4.79 Å².